The van der Waals surface area contributed by atoms with E-state index in [4.69, 9.17) is 10.8 Å². The zero-order chi connectivity index (χ0) is 14.7. The summed E-state index contributed by atoms with van der Waals surface area (Å²) in [5.74, 6) is -0.969. The first-order chi connectivity index (χ1) is 8.68. The van der Waals surface area contributed by atoms with Gasteiger partial charge in [-0.3, -0.25) is 9.59 Å². The Hall–Kier alpha value is -1.10. The molecule has 5 nitrogen and oxygen atoms in total. The average molecular weight is 270 g/mol. The van der Waals surface area contributed by atoms with Crippen LogP contribution in [0, 0.1) is 10.8 Å². The van der Waals surface area contributed by atoms with E-state index in [-0.39, 0.29) is 29.2 Å². The molecule has 1 amide bonds. The predicted molar refractivity (Wildman–Crippen MR) is 73.6 cm³/mol. The van der Waals surface area contributed by atoms with Crippen molar-refractivity contribution in [2.75, 3.05) is 6.54 Å². The molecule has 0 aromatic rings. The number of hydrogen-bond donors (Lipinski definition) is 3. The summed E-state index contributed by atoms with van der Waals surface area (Å²) in [4.78, 5) is 23.0. The van der Waals surface area contributed by atoms with Gasteiger partial charge in [0.2, 0.25) is 5.91 Å². The van der Waals surface area contributed by atoms with Gasteiger partial charge in [-0.2, -0.15) is 0 Å². The molecule has 19 heavy (non-hydrogen) atoms. The van der Waals surface area contributed by atoms with E-state index >= 15 is 0 Å². The van der Waals surface area contributed by atoms with Crippen LogP contribution in [0.1, 0.15) is 52.9 Å². The average Bonchev–Trinajstić information content (AvgIpc) is 2.20. The molecular formula is C14H26N2O3. The standard InChI is InChI=1S/C14H26N2O3/c1-13(2,3)10(7-12(18)19)16-11(17)8-14(9-15)5-4-6-14/h10H,4-9,15H2,1-3H3,(H,16,17)(H,18,19). The molecular weight excluding hydrogens is 244 g/mol. The van der Waals surface area contributed by atoms with E-state index in [2.05, 4.69) is 5.32 Å². The summed E-state index contributed by atoms with van der Waals surface area (Å²) in [7, 11) is 0. The summed E-state index contributed by atoms with van der Waals surface area (Å²) in [5.41, 5.74) is 5.42. The molecule has 0 spiro atoms. The minimum atomic E-state index is -0.891. The summed E-state index contributed by atoms with van der Waals surface area (Å²) in [6.45, 7) is 6.33. The van der Waals surface area contributed by atoms with E-state index in [0.29, 0.717) is 13.0 Å². The Morgan fingerprint density at radius 3 is 2.26 bits per heavy atom. The monoisotopic (exact) mass is 270 g/mol. The fourth-order valence-electron chi connectivity index (χ4n) is 2.46. The van der Waals surface area contributed by atoms with Crippen molar-refractivity contribution in [1.29, 1.82) is 0 Å². The van der Waals surface area contributed by atoms with Crippen LogP contribution in [-0.2, 0) is 9.59 Å². The van der Waals surface area contributed by atoms with Gasteiger partial charge < -0.3 is 16.2 Å². The number of carboxylic acid groups (broad SMARTS) is 1. The number of hydrogen-bond acceptors (Lipinski definition) is 3. The maximum atomic E-state index is 12.1. The van der Waals surface area contributed by atoms with Gasteiger partial charge in [0.1, 0.15) is 0 Å². The van der Waals surface area contributed by atoms with Crippen LogP contribution in [-0.4, -0.2) is 29.6 Å². The van der Waals surface area contributed by atoms with Crippen molar-refractivity contribution >= 4 is 11.9 Å². The number of carbonyl (C=O) groups excluding carboxylic acids is 1. The fraction of sp³-hybridized carbons (Fsp3) is 0.857. The molecule has 1 aliphatic rings. The third-order valence-electron chi connectivity index (χ3n) is 4.14. The molecule has 0 saturated heterocycles. The van der Waals surface area contributed by atoms with Crippen LogP contribution in [0.4, 0.5) is 0 Å². The SMILES string of the molecule is CC(C)(C)C(CC(=O)O)NC(=O)CC1(CN)CCC1. The van der Waals surface area contributed by atoms with Crippen molar-refractivity contribution in [3.05, 3.63) is 0 Å². The Bertz CT molecular complexity index is 338. The van der Waals surface area contributed by atoms with Crippen LogP contribution in [0.25, 0.3) is 0 Å². The molecule has 0 heterocycles. The maximum Gasteiger partial charge on any atom is 0.305 e. The van der Waals surface area contributed by atoms with Gasteiger partial charge in [0, 0.05) is 12.5 Å². The minimum Gasteiger partial charge on any atom is -0.481 e. The number of nitrogens with one attached hydrogen (secondary N) is 1. The Kier molecular flexibility index (Phi) is 4.96. The van der Waals surface area contributed by atoms with Gasteiger partial charge in [-0.15, -0.1) is 0 Å². The third-order valence-corrected chi connectivity index (χ3v) is 4.14. The molecule has 0 aromatic heterocycles. The van der Waals surface area contributed by atoms with E-state index in [1.54, 1.807) is 0 Å². The van der Waals surface area contributed by atoms with Crippen LogP contribution in [0.5, 0.6) is 0 Å². The largest absolute Gasteiger partial charge is 0.481 e. The van der Waals surface area contributed by atoms with Gasteiger partial charge in [0.25, 0.3) is 0 Å². The van der Waals surface area contributed by atoms with Crippen LogP contribution in [0.3, 0.4) is 0 Å². The third kappa shape index (κ3) is 4.49. The molecule has 0 radical (unpaired) electrons. The van der Waals surface area contributed by atoms with Crippen molar-refractivity contribution in [3.8, 4) is 0 Å². The number of amides is 1. The zero-order valence-electron chi connectivity index (χ0n) is 12.2. The molecule has 0 aliphatic heterocycles. The van der Waals surface area contributed by atoms with Crippen LogP contribution in [0.2, 0.25) is 0 Å². The summed E-state index contributed by atoms with van der Waals surface area (Å²) in [5, 5.41) is 11.8. The summed E-state index contributed by atoms with van der Waals surface area (Å²) in [6.07, 6.45) is 3.48. The molecule has 1 saturated carbocycles. The lowest BCUT2D eigenvalue weighted by atomic mass is 9.66. The molecule has 0 bridgehead atoms. The second kappa shape index (κ2) is 5.90. The van der Waals surface area contributed by atoms with E-state index in [1.807, 2.05) is 20.8 Å². The van der Waals surface area contributed by atoms with E-state index in [9.17, 15) is 9.59 Å². The number of aliphatic carboxylic acids is 1. The summed E-state index contributed by atoms with van der Waals surface area (Å²) < 4.78 is 0. The van der Waals surface area contributed by atoms with Gasteiger partial charge in [-0.05, 0) is 30.2 Å². The van der Waals surface area contributed by atoms with Gasteiger partial charge in [-0.25, -0.2) is 0 Å². The zero-order valence-corrected chi connectivity index (χ0v) is 12.2. The molecule has 4 N–H and O–H groups in total. The van der Waals surface area contributed by atoms with Gasteiger partial charge in [0.05, 0.1) is 6.42 Å². The minimum absolute atomic E-state index is 0.0459. The molecule has 5 heteroatoms. The predicted octanol–water partition coefficient (Wildman–Crippen LogP) is 1.51. The number of rotatable bonds is 6. The molecule has 1 unspecified atom stereocenters. The lowest BCUT2D eigenvalue weighted by Gasteiger charge is -2.41. The summed E-state index contributed by atoms with van der Waals surface area (Å²) >= 11 is 0. The first-order valence-electron chi connectivity index (χ1n) is 6.90. The normalized spacial score (nSPS) is 19.4. The first kappa shape index (κ1) is 16.0. The molecule has 1 rings (SSSR count). The van der Waals surface area contributed by atoms with Crippen molar-refractivity contribution in [2.24, 2.45) is 16.6 Å². The topological polar surface area (TPSA) is 92.4 Å². The van der Waals surface area contributed by atoms with Crippen molar-refractivity contribution < 1.29 is 14.7 Å². The molecule has 110 valence electrons. The number of nitrogens with two attached hydrogens (primary N) is 1. The van der Waals surface area contributed by atoms with Gasteiger partial charge >= 0.3 is 5.97 Å². The Morgan fingerprint density at radius 2 is 1.95 bits per heavy atom. The van der Waals surface area contributed by atoms with Gasteiger partial charge in [0.15, 0.2) is 0 Å². The highest BCUT2D eigenvalue weighted by molar-refractivity contribution is 5.78. The highest BCUT2D eigenvalue weighted by atomic mass is 16.4. The van der Waals surface area contributed by atoms with Crippen molar-refractivity contribution in [1.82, 2.24) is 5.32 Å². The quantitative estimate of drug-likeness (QED) is 0.682. The maximum absolute atomic E-state index is 12.1. The van der Waals surface area contributed by atoms with E-state index in [0.717, 1.165) is 19.3 Å². The molecule has 1 atom stereocenters. The van der Waals surface area contributed by atoms with E-state index < -0.39 is 5.97 Å². The molecule has 1 aliphatic carbocycles. The van der Waals surface area contributed by atoms with Crippen LogP contribution in [0.15, 0.2) is 0 Å². The van der Waals surface area contributed by atoms with Gasteiger partial charge in [-0.1, -0.05) is 27.2 Å². The lowest BCUT2D eigenvalue weighted by molar-refractivity contribution is -0.138. The smallest absolute Gasteiger partial charge is 0.305 e. The second-order valence-corrected chi connectivity index (χ2v) is 6.82. The molecule has 1 fully saturated rings. The number of carbonyl (C=O) groups is 2. The Balaban J connectivity index is 2.58. The Morgan fingerprint density at radius 1 is 1.37 bits per heavy atom. The molecule has 0 aromatic carbocycles. The van der Waals surface area contributed by atoms with Crippen LogP contribution < -0.4 is 11.1 Å². The van der Waals surface area contributed by atoms with Crippen molar-refractivity contribution in [2.45, 2.75) is 58.9 Å². The fourth-order valence-corrected chi connectivity index (χ4v) is 2.46. The lowest BCUT2D eigenvalue weighted by Crippen LogP contribution is -2.48. The Labute approximate surface area is 114 Å². The number of carboxylic acids is 1. The first-order valence-corrected chi connectivity index (χ1v) is 6.90. The highest BCUT2D eigenvalue weighted by Gasteiger charge is 2.38. The second-order valence-electron chi connectivity index (χ2n) is 6.82. The van der Waals surface area contributed by atoms with Crippen LogP contribution >= 0.6 is 0 Å². The summed E-state index contributed by atoms with van der Waals surface area (Å²) in [6, 6.07) is -0.354. The highest BCUT2D eigenvalue weighted by Crippen LogP contribution is 2.42. The van der Waals surface area contributed by atoms with Crippen molar-refractivity contribution in [3.63, 3.8) is 0 Å². The van der Waals surface area contributed by atoms with E-state index in [1.165, 1.54) is 0 Å².